The number of nitrogens with zero attached hydrogens (tertiary/aromatic N) is 1. The number of hydrogen-bond donors (Lipinski definition) is 1. The van der Waals surface area contributed by atoms with Gasteiger partial charge < -0.3 is 19.5 Å². The molecule has 1 saturated heterocycles. The highest BCUT2D eigenvalue weighted by Crippen LogP contribution is 2.32. The predicted molar refractivity (Wildman–Crippen MR) is 127 cm³/mol. The van der Waals surface area contributed by atoms with Crippen molar-refractivity contribution in [2.45, 2.75) is 37.5 Å². The van der Waals surface area contributed by atoms with Crippen LogP contribution in [0.15, 0.2) is 41.3 Å². The molecule has 180 valence electrons. The largest absolute Gasteiger partial charge is 0.497 e. The Bertz CT molecular complexity index is 1060. The molecule has 0 aromatic heterocycles. The number of hydrogen-bond acceptors (Lipinski definition) is 6. The standard InChI is InChI=1S/C24H32N2O6S/c1-17(27)25-23-16-22(7-8-24(23)32-4)33(28,29)26-11-9-18(10-12-26)5-6-19-13-20(30-2)15-21(14-19)31-3/h7-8,13-16,18H,5-6,9-12H2,1-4H3,(H,25,27). The highest BCUT2D eigenvalue weighted by Gasteiger charge is 2.30. The van der Waals surface area contributed by atoms with Gasteiger partial charge in [-0.1, -0.05) is 0 Å². The molecule has 33 heavy (non-hydrogen) atoms. The van der Waals surface area contributed by atoms with Crippen molar-refractivity contribution >= 4 is 21.6 Å². The van der Waals surface area contributed by atoms with Crippen molar-refractivity contribution < 1.29 is 27.4 Å². The molecule has 1 aliphatic rings. The Hall–Kier alpha value is -2.78. The number of piperidine rings is 1. The van der Waals surface area contributed by atoms with Crippen molar-refractivity contribution in [3.63, 3.8) is 0 Å². The molecular weight excluding hydrogens is 444 g/mol. The molecule has 1 amide bonds. The number of nitrogens with one attached hydrogen (secondary N) is 1. The van der Waals surface area contributed by atoms with Crippen LogP contribution in [-0.4, -0.2) is 53.0 Å². The van der Waals surface area contributed by atoms with E-state index in [0.29, 0.717) is 30.4 Å². The normalized spacial score (nSPS) is 15.2. The van der Waals surface area contributed by atoms with Crippen molar-refractivity contribution in [1.29, 1.82) is 0 Å². The van der Waals surface area contributed by atoms with E-state index in [1.165, 1.54) is 30.5 Å². The van der Waals surface area contributed by atoms with Crippen molar-refractivity contribution in [3.8, 4) is 17.2 Å². The zero-order chi connectivity index (χ0) is 24.0. The van der Waals surface area contributed by atoms with Crippen LogP contribution in [0.2, 0.25) is 0 Å². The number of rotatable bonds is 9. The van der Waals surface area contributed by atoms with Gasteiger partial charge in [-0.25, -0.2) is 8.42 Å². The van der Waals surface area contributed by atoms with Gasteiger partial charge in [0, 0.05) is 26.1 Å². The van der Waals surface area contributed by atoms with Crippen molar-refractivity contribution in [3.05, 3.63) is 42.0 Å². The van der Waals surface area contributed by atoms with Crippen molar-refractivity contribution in [2.75, 3.05) is 39.7 Å². The van der Waals surface area contributed by atoms with Crippen molar-refractivity contribution in [2.24, 2.45) is 5.92 Å². The topological polar surface area (TPSA) is 94.2 Å². The Kier molecular flexibility index (Phi) is 8.20. The Morgan fingerprint density at radius 3 is 2.18 bits per heavy atom. The summed E-state index contributed by atoms with van der Waals surface area (Å²) in [5.74, 6) is 2.10. The van der Waals surface area contributed by atoms with Gasteiger partial charge in [0.05, 0.1) is 31.9 Å². The van der Waals surface area contributed by atoms with E-state index in [4.69, 9.17) is 14.2 Å². The second-order valence-corrected chi connectivity index (χ2v) is 10.1. The summed E-state index contributed by atoms with van der Waals surface area (Å²) in [6.07, 6.45) is 3.45. The molecule has 0 unspecified atom stereocenters. The minimum Gasteiger partial charge on any atom is -0.497 e. The lowest BCUT2D eigenvalue weighted by molar-refractivity contribution is -0.114. The first-order valence-electron chi connectivity index (χ1n) is 10.9. The van der Waals surface area contributed by atoms with Gasteiger partial charge in [-0.3, -0.25) is 4.79 Å². The lowest BCUT2D eigenvalue weighted by Crippen LogP contribution is -2.38. The summed E-state index contributed by atoms with van der Waals surface area (Å²) < 4.78 is 43.8. The first kappa shape index (κ1) is 24.9. The van der Waals surface area contributed by atoms with Crippen LogP contribution < -0.4 is 19.5 Å². The van der Waals surface area contributed by atoms with Crippen molar-refractivity contribution in [1.82, 2.24) is 4.31 Å². The van der Waals surface area contributed by atoms with Gasteiger partial charge in [0.2, 0.25) is 15.9 Å². The highest BCUT2D eigenvalue weighted by molar-refractivity contribution is 7.89. The molecule has 1 fully saturated rings. The second kappa shape index (κ2) is 10.9. The summed E-state index contributed by atoms with van der Waals surface area (Å²) >= 11 is 0. The molecule has 0 radical (unpaired) electrons. The number of aryl methyl sites for hydroxylation is 1. The maximum atomic E-state index is 13.2. The summed E-state index contributed by atoms with van der Waals surface area (Å²) in [7, 11) is 1.08. The number of benzene rings is 2. The van der Waals surface area contributed by atoms with E-state index in [1.807, 2.05) is 18.2 Å². The lowest BCUT2D eigenvalue weighted by Gasteiger charge is -2.31. The fourth-order valence-corrected chi connectivity index (χ4v) is 5.60. The molecule has 2 aromatic carbocycles. The smallest absolute Gasteiger partial charge is 0.243 e. The summed E-state index contributed by atoms with van der Waals surface area (Å²) in [5, 5.41) is 2.63. The van der Waals surface area contributed by atoms with E-state index in [1.54, 1.807) is 20.3 Å². The molecule has 0 aliphatic carbocycles. The highest BCUT2D eigenvalue weighted by atomic mass is 32.2. The van der Waals surface area contributed by atoms with E-state index in [-0.39, 0.29) is 10.8 Å². The molecule has 1 aliphatic heterocycles. The van der Waals surface area contributed by atoms with Crippen LogP contribution in [0.25, 0.3) is 0 Å². The maximum absolute atomic E-state index is 13.2. The first-order valence-corrected chi connectivity index (χ1v) is 12.4. The van der Waals surface area contributed by atoms with E-state index >= 15 is 0 Å². The monoisotopic (exact) mass is 476 g/mol. The van der Waals surface area contributed by atoms with Crippen LogP contribution in [0.1, 0.15) is 31.7 Å². The number of carbonyl (C=O) groups is 1. The summed E-state index contributed by atoms with van der Waals surface area (Å²) in [6, 6.07) is 10.4. The first-order chi connectivity index (χ1) is 15.8. The van der Waals surface area contributed by atoms with Crippen LogP contribution >= 0.6 is 0 Å². The molecule has 3 rings (SSSR count). The molecule has 2 aromatic rings. The molecule has 0 spiro atoms. The molecule has 0 saturated carbocycles. The molecular formula is C24H32N2O6S. The number of ether oxygens (including phenoxy) is 3. The van der Waals surface area contributed by atoms with E-state index in [2.05, 4.69) is 5.32 Å². The average Bonchev–Trinajstić information content (AvgIpc) is 2.82. The van der Waals surface area contributed by atoms with E-state index in [9.17, 15) is 13.2 Å². The average molecular weight is 477 g/mol. The summed E-state index contributed by atoms with van der Waals surface area (Å²) in [6.45, 7) is 2.30. The SMILES string of the molecule is COc1cc(CCC2CCN(S(=O)(=O)c3ccc(OC)c(NC(C)=O)c3)CC2)cc(OC)c1. The third kappa shape index (κ3) is 6.17. The Morgan fingerprint density at radius 1 is 1.00 bits per heavy atom. The third-order valence-electron chi connectivity index (χ3n) is 5.95. The summed E-state index contributed by atoms with van der Waals surface area (Å²) in [4.78, 5) is 11.6. The van der Waals surface area contributed by atoms with Crippen LogP contribution in [0.3, 0.4) is 0 Å². The number of amides is 1. The van der Waals surface area contributed by atoms with Gasteiger partial charge in [0.15, 0.2) is 0 Å². The third-order valence-corrected chi connectivity index (χ3v) is 7.84. The molecule has 1 heterocycles. The van der Waals surface area contributed by atoms with Crippen LogP contribution in [0, 0.1) is 5.92 Å². The summed E-state index contributed by atoms with van der Waals surface area (Å²) in [5.41, 5.74) is 1.49. The van der Waals surface area contributed by atoms with Gasteiger partial charge in [0.1, 0.15) is 17.2 Å². The zero-order valence-corrected chi connectivity index (χ0v) is 20.4. The Morgan fingerprint density at radius 2 is 1.64 bits per heavy atom. The second-order valence-electron chi connectivity index (χ2n) is 8.15. The fourth-order valence-electron chi connectivity index (χ4n) is 4.10. The van der Waals surface area contributed by atoms with Gasteiger partial charge in [-0.2, -0.15) is 4.31 Å². The number of methoxy groups -OCH3 is 3. The molecule has 0 bridgehead atoms. The van der Waals surface area contributed by atoms with Crippen LogP contribution in [-0.2, 0) is 21.2 Å². The van der Waals surface area contributed by atoms with Crippen LogP contribution in [0.5, 0.6) is 17.2 Å². The number of sulfonamides is 1. The lowest BCUT2D eigenvalue weighted by atomic mass is 9.91. The van der Waals surface area contributed by atoms with E-state index < -0.39 is 10.0 Å². The fraction of sp³-hybridized carbons (Fsp3) is 0.458. The maximum Gasteiger partial charge on any atom is 0.243 e. The minimum absolute atomic E-state index is 0.147. The zero-order valence-electron chi connectivity index (χ0n) is 19.6. The molecule has 9 heteroatoms. The minimum atomic E-state index is -3.66. The Balaban J connectivity index is 1.63. The number of carbonyl (C=O) groups excluding carboxylic acids is 1. The molecule has 0 atom stereocenters. The van der Waals surface area contributed by atoms with Crippen LogP contribution in [0.4, 0.5) is 5.69 Å². The molecule has 1 N–H and O–H groups in total. The van der Waals surface area contributed by atoms with Gasteiger partial charge in [0.25, 0.3) is 0 Å². The molecule has 8 nitrogen and oxygen atoms in total. The number of anilines is 1. The quantitative estimate of drug-likeness (QED) is 0.593. The van der Waals surface area contributed by atoms with E-state index in [0.717, 1.165) is 42.7 Å². The van der Waals surface area contributed by atoms with Gasteiger partial charge in [-0.05, 0) is 67.5 Å². The Labute approximate surface area is 195 Å². The van der Waals surface area contributed by atoms with Gasteiger partial charge in [-0.15, -0.1) is 0 Å². The van der Waals surface area contributed by atoms with Gasteiger partial charge >= 0.3 is 0 Å². The predicted octanol–water partition coefficient (Wildman–Crippen LogP) is 3.70.